The number of hydrogen-bond donors (Lipinski definition) is 2. The zero-order chi connectivity index (χ0) is 20.6. The summed E-state index contributed by atoms with van der Waals surface area (Å²) >= 11 is 0. The van der Waals surface area contributed by atoms with Crippen LogP contribution in [-0.2, 0) is 19.4 Å². The summed E-state index contributed by atoms with van der Waals surface area (Å²) in [5.74, 6) is 0.582. The smallest absolute Gasteiger partial charge is 0.416 e. The minimum atomic E-state index is -4.37. The molecule has 6 heteroatoms. The highest BCUT2D eigenvalue weighted by Gasteiger charge is 2.36. The van der Waals surface area contributed by atoms with Crippen molar-refractivity contribution in [3.05, 3.63) is 64.3 Å². The van der Waals surface area contributed by atoms with Crippen LogP contribution in [0.3, 0.4) is 0 Å². The molecule has 0 bridgehead atoms. The van der Waals surface area contributed by atoms with E-state index in [9.17, 15) is 18.3 Å². The maximum atomic E-state index is 13.6. The Bertz CT molecular complexity index is 1020. The van der Waals surface area contributed by atoms with Crippen LogP contribution in [0.4, 0.5) is 13.2 Å². The maximum Gasteiger partial charge on any atom is 0.416 e. The zero-order valence-electron chi connectivity index (χ0n) is 16.3. The molecule has 0 radical (unpaired) electrons. The number of H-pyrrole nitrogens is 1. The van der Waals surface area contributed by atoms with Crippen molar-refractivity contribution in [2.75, 3.05) is 0 Å². The average Bonchev–Trinajstić information content (AvgIpc) is 3.34. The summed E-state index contributed by atoms with van der Waals surface area (Å²) in [4.78, 5) is 3.14. The van der Waals surface area contributed by atoms with Crippen LogP contribution in [0.15, 0.2) is 36.4 Å². The van der Waals surface area contributed by atoms with Crippen LogP contribution in [0.2, 0.25) is 0 Å². The van der Waals surface area contributed by atoms with Crippen LogP contribution >= 0.6 is 0 Å². The van der Waals surface area contributed by atoms with Crippen LogP contribution in [0.5, 0.6) is 5.75 Å². The Balaban J connectivity index is 1.56. The lowest BCUT2D eigenvalue weighted by molar-refractivity contribution is -0.138. The highest BCUT2D eigenvalue weighted by atomic mass is 19.4. The van der Waals surface area contributed by atoms with Gasteiger partial charge in [-0.2, -0.15) is 13.2 Å². The molecule has 154 valence electrons. The third-order valence-corrected chi connectivity index (χ3v) is 5.91. The van der Waals surface area contributed by atoms with Crippen molar-refractivity contribution in [2.45, 2.75) is 57.9 Å². The number of aryl methyl sites for hydroxylation is 1. The summed E-state index contributed by atoms with van der Waals surface area (Å²) < 4.78 is 46.7. The number of ether oxygens (including phenoxy) is 1. The van der Waals surface area contributed by atoms with Gasteiger partial charge >= 0.3 is 6.18 Å². The van der Waals surface area contributed by atoms with Gasteiger partial charge in [-0.1, -0.05) is 25.0 Å². The first-order chi connectivity index (χ1) is 13.9. The van der Waals surface area contributed by atoms with Crippen LogP contribution in [0, 0.1) is 6.92 Å². The molecule has 0 spiro atoms. The fourth-order valence-corrected chi connectivity index (χ4v) is 4.31. The number of aliphatic hydroxyl groups excluding tert-OH is 1. The van der Waals surface area contributed by atoms with Gasteiger partial charge in [0, 0.05) is 16.6 Å². The van der Waals surface area contributed by atoms with Gasteiger partial charge in [-0.25, -0.2) is 0 Å². The predicted octanol–water partition coefficient (Wildman–Crippen LogP) is 6.22. The van der Waals surface area contributed by atoms with Gasteiger partial charge < -0.3 is 14.8 Å². The van der Waals surface area contributed by atoms with Crippen molar-refractivity contribution in [2.24, 2.45) is 0 Å². The van der Waals surface area contributed by atoms with E-state index in [-0.39, 0.29) is 19.1 Å². The van der Waals surface area contributed by atoms with Crippen molar-refractivity contribution >= 4 is 10.9 Å². The summed E-state index contributed by atoms with van der Waals surface area (Å²) in [5, 5.41) is 10.3. The Hall–Kier alpha value is -2.47. The second-order valence-corrected chi connectivity index (χ2v) is 7.78. The molecular weight excluding hydrogens is 379 g/mol. The Kier molecular flexibility index (Phi) is 5.30. The molecule has 2 aromatic carbocycles. The van der Waals surface area contributed by atoms with E-state index in [1.807, 2.05) is 19.1 Å². The largest absolute Gasteiger partial charge is 0.489 e. The Labute approximate surface area is 167 Å². The van der Waals surface area contributed by atoms with E-state index in [0.717, 1.165) is 47.8 Å². The standard InChI is InChI=1S/C23H24F3NO2/c1-14-19-11-17(7-9-21(19)27-22(14)12-28)29-13-15-6-8-18(16-4-2-3-5-16)20(10-15)23(24,25)26/h6-11,16,27-28H,2-5,12-13H2,1H3. The lowest BCUT2D eigenvalue weighted by Gasteiger charge is -2.19. The number of nitrogens with one attached hydrogen (secondary N) is 1. The van der Waals surface area contributed by atoms with E-state index in [2.05, 4.69) is 4.98 Å². The SMILES string of the molecule is Cc1c(CO)[nH]c2ccc(OCc3ccc(C4CCCC4)c(C(F)(F)F)c3)cc12. The number of aromatic nitrogens is 1. The van der Waals surface area contributed by atoms with Gasteiger partial charge in [-0.15, -0.1) is 0 Å². The molecule has 3 nitrogen and oxygen atoms in total. The van der Waals surface area contributed by atoms with Gasteiger partial charge in [0.15, 0.2) is 0 Å². The summed E-state index contributed by atoms with van der Waals surface area (Å²) in [5.41, 5.74) is 2.96. The fraction of sp³-hybridized carbons (Fsp3) is 0.391. The number of fused-ring (bicyclic) bond motifs is 1. The summed E-state index contributed by atoms with van der Waals surface area (Å²) in [6.45, 7) is 1.89. The van der Waals surface area contributed by atoms with E-state index in [0.29, 0.717) is 16.9 Å². The first kappa shape index (κ1) is 19.8. The first-order valence-corrected chi connectivity index (χ1v) is 9.91. The van der Waals surface area contributed by atoms with E-state index in [1.54, 1.807) is 18.2 Å². The second-order valence-electron chi connectivity index (χ2n) is 7.78. The number of aliphatic hydroxyl groups is 1. The number of benzene rings is 2. The second kappa shape index (κ2) is 7.75. The molecule has 1 fully saturated rings. The molecule has 0 unspecified atom stereocenters. The lowest BCUT2D eigenvalue weighted by Crippen LogP contribution is -2.12. The fourth-order valence-electron chi connectivity index (χ4n) is 4.31. The van der Waals surface area contributed by atoms with Crippen LogP contribution in [0.25, 0.3) is 10.9 Å². The van der Waals surface area contributed by atoms with E-state index < -0.39 is 11.7 Å². The quantitative estimate of drug-likeness (QED) is 0.531. The molecule has 0 saturated heterocycles. The Morgan fingerprint density at radius 1 is 1.10 bits per heavy atom. The third-order valence-electron chi connectivity index (χ3n) is 5.91. The Morgan fingerprint density at radius 2 is 1.86 bits per heavy atom. The van der Waals surface area contributed by atoms with Gasteiger partial charge in [0.2, 0.25) is 0 Å². The van der Waals surface area contributed by atoms with Gasteiger partial charge in [0.25, 0.3) is 0 Å². The van der Waals surface area contributed by atoms with E-state index >= 15 is 0 Å². The average molecular weight is 403 g/mol. The van der Waals surface area contributed by atoms with Crippen LogP contribution in [-0.4, -0.2) is 10.1 Å². The summed E-state index contributed by atoms with van der Waals surface area (Å²) in [6, 6.07) is 10.1. The minimum absolute atomic E-state index is 0.00119. The van der Waals surface area contributed by atoms with Crippen molar-refractivity contribution in [3.63, 3.8) is 0 Å². The van der Waals surface area contributed by atoms with Crippen LogP contribution in [0.1, 0.15) is 59.5 Å². The van der Waals surface area contributed by atoms with Crippen LogP contribution < -0.4 is 4.74 Å². The molecule has 29 heavy (non-hydrogen) atoms. The third kappa shape index (κ3) is 3.99. The van der Waals surface area contributed by atoms with Crippen molar-refractivity contribution in [3.8, 4) is 5.75 Å². The lowest BCUT2D eigenvalue weighted by atomic mass is 9.91. The summed E-state index contributed by atoms with van der Waals surface area (Å²) in [7, 11) is 0. The van der Waals surface area contributed by atoms with Crippen molar-refractivity contribution in [1.29, 1.82) is 0 Å². The predicted molar refractivity (Wildman–Crippen MR) is 106 cm³/mol. The van der Waals surface area contributed by atoms with E-state index in [1.165, 1.54) is 6.07 Å². The molecule has 2 N–H and O–H groups in total. The monoisotopic (exact) mass is 403 g/mol. The number of halogens is 3. The molecule has 1 aliphatic rings. The van der Waals surface area contributed by atoms with Crippen molar-refractivity contribution in [1.82, 2.24) is 4.98 Å². The molecule has 1 aliphatic carbocycles. The number of aromatic amines is 1. The Morgan fingerprint density at radius 3 is 2.55 bits per heavy atom. The molecular formula is C23H24F3NO2. The van der Waals surface area contributed by atoms with Crippen molar-refractivity contribution < 1.29 is 23.0 Å². The minimum Gasteiger partial charge on any atom is -0.489 e. The van der Waals surface area contributed by atoms with Gasteiger partial charge in [0.1, 0.15) is 12.4 Å². The molecule has 3 aromatic rings. The molecule has 4 rings (SSSR count). The molecule has 0 atom stereocenters. The first-order valence-electron chi connectivity index (χ1n) is 9.91. The van der Waals surface area contributed by atoms with Gasteiger partial charge in [-0.3, -0.25) is 0 Å². The normalized spacial score (nSPS) is 15.3. The molecule has 1 aromatic heterocycles. The number of alkyl halides is 3. The number of hydrogen-bond acceptors (Lipinski definition) is 2. The van der Waals surface area contributed by atoms with E-state index in [4.69, 9.17) is 4.74 Å². The zero-order valence-corrected chi connectivity index (χ0v) is 16.3. The molecule has 0 amide bonds. The van der Waals surface area contributed by atoms with Gasteiger partial charge in [0.05, 0.1) is 12.2 Å². The maximum absolute atomic E-state index is 13.6. The topological polar surface area (TPSA) is 45.2 Å². The number of rotatable bonds is 5. The highest BCUT2D eigenvalue weighted by Crippen LogP contribution is 2.42. The highest BCUT2D eigenvalue weighted by molar-refractivity contribution is 5.85. The summed E-state index contributed by atoms with van der Waals surface area (Å²) in [6.07, 6.45) is -0.733. The molecule has 1 heterocycles. The molecule has 1 saturated carbocycles. The molecule has 0 aliphatic heterocycles. The van der Waals surface area contributed by atoms with Gasteiger partial charge in [-0.05, 0) is 66.6 Å².